The Kier molecular flexibility index (Phi) is 3.98. The molecule has 0 amide bonds. The highest BCUT2D eigenvalue weighted by molar-refractivity contribution is 5.39. The smallest absolute Gasteiger partial charge is 0.131 e. The molecular weight excluding hydrogens is 278 g/mol. The van der Waals surface area contributed by atoms with Gasteiger partial charge in [0.1, 0.15) is 17.3 Å². The number of hydrogen-bond donors (Lipinski definition) is 2. The monoisotopic (exact) mass is 299 g/mol. The van der Waals surface area contributed by atoms with E-state index in [1.807, 2.05) is 6.20 Å². The number of phenols is 2. The molecule has 0 aliphatic carbocycles. The van der Waals surface area contributed by atoms with Gasteiger partial charge in [0.15, 0.2) is 0 Å². The Morgan fingerprint density at radius 1 is 1.27 bits per heavy atom. The van der Waals surface area contributed by atoms with Gasteiger partial charge in [-0.05, 0) is 6.07 Å². The molecule has 0 fully saturated rings. The van der Waals surface area contributed by atoms with Gasteiger partial charge in [-0.15, -0.1) is 0 Å². The van der Waals surface area contributed by atoms with Crippen molar-refractivity contribution in [2.24, 2.45) is 0 Å². The number of hydrogen-bond acceptors (Lipinski definition) is 5. The minimum Gasteiger partial charge on any atom is -0.508 e. The van der Waals surface area contributed by atoms with Crippen LogP contribution in [-0.2, 0) is 19.5 Å². The number of aromatic nitrogens is 2. The van der Waals surface area contributed by atoms with Crippen molar-refractivity contribution in [1.82, 2.24) is 14.9 Å². The van der Waals surface area contributed by atoms with Gasteiger partial charge >= 0.3 is 0 Å². The van der Waals surface area contributed by atoms with Crippen LogP contribution in [0.1, 0.15) is 42.4 Å². The molecule has 5 nitrogen and oxygen atoms in total. The molecule has 1 aliphatic heterocycles. The molecule has 5 heteroatoms. The summed E-state index contributed by atoms with van der Waals surface area (Å²) in [6.07, 6.45) is 2.83. The van der Waals surface area contributed by atoms with E-state index in [0.717, 1.165) is 42.2 Å². The Balaban J connectivity index is 1.74. The molecule has 1 aromatic heterocycles. The standard InChI is InChI=1S/C17H21N3O2/c1-11(2)17-18-8-13-10-20(6-5-15(13)19-17)9-12-3-4-14(21)7-16(12)22/h3-4,7-8,11,21-22H,5-6,9-10H2,1-2H3. The van der Waals surface area contributed by atoms with E-state index in [0.29, 0.717) is 12.5 Å². The second kappa shape index (κ2) is 5.93. The summed E-state index contributed by atoms with van der Waals surface area (Å²) >= 11 is 0. The number of aromatic hydroxyl groups is 2. The first-order valence-electron chi connectivity index (χ1n) is 7.61. The molecule has 0 radical (unpaired) electrons. The first kappa shape index (κ1) is 14.8. The van der Waals surface area contributed by atoms with Crippen molar-refractivity contribution in [2.75, 3.05) is 6.54 Å². The van der Waals surface area contributed by atoms with E-state index >= 15 is 0 Å². The van der Waals surface area contributed by atoms with E-state index in [9.17, 15) is 10.2 Å². The lowest BCUT2D eigenvalue weighted by Gasteiger charge is -2.28. The van der Waals surface area contributed by atoms with Crippen molar-refractivity contribution in [1.29, 1.82) is 0 Å². The van der Waals surface area contributed by atoms with Crippen LogP contribution in [0.3, 0.4) is 0 Å². The summed E-state index contributed by atoms with van der Waals surface area (Å²) in [7, 11) is 0. The molecule has 2 aromatic rings. The summed E-state index contributed by atoms with van der Waals surface area (Å²) in [6.45, 7) is 6.54. The third-order valence-corrected chi connectivity index (χ3v) is 4.01. The van der Waals surface area contributed by atoms with E-state index in [1.165, 1.54) is 6.07 Å². The van der Waals surface area contributed by atoms with Crippen molar-refractivity contribution in [2.45, 2.75) is 39.3 Å². The minimum absolute atomic E-state index is 0.0832. The third kappa shape index (κ3) is 3.04. The number of fused-ring (bicyclic) bond motifs is 1. The van der Waals surface area contributed by atoms with Crippen LogP contribution in [0.4, 0.5) is 0 Å². The van der Waals surface area contributed by atoms with Crippen molar-refractivity contribution < 1.29 is 10.2 Å². The van der Waals surface area contributed by atoms with Crippen LogP contribution in [0.15, 0.2) is 24.4 Å². The Morgan fingerprint density at radius 3 is 2.82 bits per heavy atom. The molecule has 0 bridgehead atoms. The van der Waals surface area contributed by atoms with Gasteiger partial charge in [0.25, 0.3) is 0 Å². The van der Waals surface area contributed by atoms with Crippen LogP contribution in [0, 0.1) is 0 Å². The second-order valence-corrected chi connectivity index (χ2v) is 6.13. The van der Waals surface area contributed by atoms with Crippen LogP contribution in [0.25, 0.3) is 0 Å². The van der Waals surface area contributed by atoms with Gasteiger partial charge in [0, 0.05) is 61.1 Å². The maximum atomic E-state index is 9.90. The van der Waals surface area contributed by atoms with Crippen LogP contribution >= 0.6 is 0 Å². The lowest BCUT2D eigenvalue weighted by molar-refractivity contribution is 0.239. The fourth-order valence-electron chi connectivity index (χ4n) is 2.73. The van der Waals surface area contributed by atoms with Crippen molar-refractivity contribution in [3.8, 4) is 11.5 Å². The topological polar surface area (TPSA) is 69.5 Å². The largest absolute Gasteiger partial charge is 0.508 e. The van der Waals surface area contributed by atoms with Gasteiger partial charge in [-0.3, -0.25) is 4.90 Å². The fraction of sp³-hybridized carbons (Fsp3) is 0.412. The number of benzene rings is 1. The average molecular weight is 299 g/mol. The van der Waals surface area contributed by atoms with Gasteiger partial charge in [0.2, 0.25) is 0 Å². The third-order valence-electron chi connectivity index (χ3n) is 4.01. The van der Waals surface area contributed by atoms with Gasteiger partial charge < -0.3 is 10.2 Å². The number of rotatable bonds is 3. The molecule has 22 heavy (non-hydrogen) atoms. The molecule has 0 saturated heterocycles. The lowest BCUT2D eigenvalue weighted by atomic mass is 10.1. The summed E-state index contributed by atoms with van der Waals surface area (Å²) < 4.78 is 0. The van der Waals surface area contributed by atoms with Gasteiger partial charge in [0.05, 0.1) is 0 Å². The van der Waals surface area contributed by atoms with E-state index < -0.39 is 0 Å². The molecule has 116 valence electrons. The molecule has 2 heterocycles. The van der Waals surface area contributed by atoms with E-state index in [-0.39, 0.29) is 11.5 Å². The van der Waals surface area contributed by atoms with Crippen molar-refractivity contribution >= 4 is 0 Å². The zero-order valence-corrected chi connectivity index (χ0v) is 13.0. The van der Waals surface area contributed by atoms with Crippen LogP contribution < -0.4 is 0 Å². The molecule has 1 aromatic carbocycles. The van der Waals surface area contributed by atoms with Crippen LogP contribution in [0.2, 0.25) is 0 Å². The Morgan fingerprint density at radius 2 is 2.09 bits per heavy atom. The summed E-state index contributed by atoms with van der Waals surface area (Å²) in [4.78, 5) is 11.4. The zero-order valence-electron chi connectivity index (χ0n) is 13.0. The van der Waals surface area contributed by atoms with Crippen LogP contribution in [0.5, 0.6) is 11.5 Å². The van der Waals surface area contributed by atoms with Crippen LogP contribution in [-0.4, -0.2) is 31.6 Å². The second-order valence-electron chi connectivity index (χ2n) is 6.13. The maximum absolute atomic E-state index is 9.90. The Bertz CT molecular complexity index is 686. The normalized spacial score (nSPS) is 15.0. The zero-order chi connectivity index (χ0) is 15.7. The molecule has 2 N–H and O–H groups in total. The highest BCUT2D eigenvalue weighted by Gasteiger charge is 2.20. The molecule has 3 rings (SSSR count). The van der Waals surface area contributed by atoms with Crippen molar-refractivity contribution in [3.05, 3.63) is 47.0 Å². The Labute approximate surface area is 130 Å². The summed E-state index contributed by atoms with van der Waals surface area (Å²) in [5, 5.41) is 19.3. The molecular formula is C17H21N3O2. The number of nitrogens with zero attached hydrogens (tertiary/aromatic N) is 3. The van der Waals surface area contributed by atoms with Gasteiger partial charge in [-0.2, -0.15) is 0 Å². The van der Waals surface area contributed by atoms with E-state index in [1.54, 1.807) is 12.1 Å². The molecule has 1 aliphatic rings. The van der Waals surface area contributed by atoms with Crippen molar-refractivity contribution in [3.63, 3.8) is 0 Å². The minimum atomic E-state index is 0.0832. The quantitative estimate of drug-likeness (QED) is 0.911. The SMILES string of the molecule is CC(C)c1ncc2c(n1)CCN(Cc1ccc(O)cc1O)C2. The van der Waals surface area contributed by atoms with Gasteiger partial charge in [-0.1, -0.05) is 19.9 Å². The first-order chi connectivity index (χ1) is 10.5. The lowest BCUT2D eigenvalue weighted by Crippen LogP contribution is -2.31. The fourth-order valence-corrected chi connectivity index (χ4v) is 2.73. The molecule has 0 saturated carbocycles. The van der Waals surface area contributed by atoms with E-state index in [2.05, 4.69) is 28.7 Å². The average Bonchev–Trinajstić information content (AvgIpc) is 2.49. The molecule has 0 unspecified atom stereocenters. The first-order valence-corrected chi connectivity index (χ1v) is 7.61. The predicted octanol–water partition coefficient (Wildman–Crippen LogP) is 2.57. The molecule has 0 spiro atoms. The summed E-state index contributed by atoms with van der Waals surface area (Å²) in [5.41, 5.74) is 3.12. The maximum Gasteiger partial charge on any atom is 0.131 e. The molecule has 0 atom stereocenters. The summed E-state index contributed by atoms with van der Waals surface area (Å²) in [5.74, 6) is 1.47. The van der Waals surface area contributed by atoms with E-state index in [4.69, 9.17) is 0 Å². The van der Waals surface area contributed by atoms with Gasteiger partial charge in [-0.25, -0.2) is 9.97 Å². The highest BCUT2D eigenvalue weighted by Crippen LogP contribution is 2.26. The predicted molar refractivity (Wildman–Crippen MR) is 83.7 cm³/mol. The number of phenolic OH excluding ortho intramolecular Hbond substituents is 2. The highest BCUT2D eigenvalue weighted by atomic mass is 16.3. The summed E-state index contributed by atoms with van der Waals surface area (Å²) in [6, 6.07) is 4.74. The Hall–Kier alpha value is -2.14.